The lowest BCUT2D eigenvalue weighted by Gasteiger charge is -2.14. The molecule has 0 saturated heterocycles. The zero-order chi connectivity index (χ0) is 14.7. The minimum absolute atomic E-state index is 0.387. The Morgan fingerprint density at radius 2 is 1.26 bits per heavy atom. The molecule has 106 valence electrons. The molecular formula is C12H12F5NO. The zero-order valence-corrected chi connectivity index (χ0v) is 10.3. The van der Waals surface area contributed by atoms with Crippen LogP contribution in [0.15, 0.2) is 0 Å². The predicted octanol–water partition coefficient (Wildman–Crippen LogP) is 3.76. The first-order valence-corrected chi connectivity index (χ1v) is 5.67. The third-order valence-corrected chi connectivity index (χ3v) is 2.81. The van der Waals surface area contributed by atoms with Crippen LogP contribution in [0.3, 0.4) is 0 Å². The summed E-state index contributed by atoms with van der Waals surface area (Å²) in [4.78, 5) is 11.6. The highest BCUT2D eigenvalue weighted by atomic mass is 19.2. The largest absolute Gasteiger partial charge is 0.321 e. The van der Waals surface area contributed by atoms with E-state index in [1.807, 2.05) is 0 Å². The number of rotatable bonds is 4. The average Bonchev–Trinajstić information content (AvgIpc) is 2.40. The maximum atomic E-state index is 13.3. The number of carbonyl (C=O) groups is 1. The highest BCUT2D eigenvalue weighted by Gasteiger charge is 2.27. The molecule has 0 spiro atoms. The molecule has 0 heterocycles. The van der Waals surface area contributed by atoms with Gasteiger partial charge in [0, 0.05) is 5.92 Å². The Morgan fingerprint density at radius 1 is 0.895 bits per heavy atom. The fraction of sp³-hybridized carbons (Fsp3) is 0.417. The third-order valence-electron chi connectivity index (χ3n) is 2.81. The molecule has 1 aromatic rings. The molecule has 0 radical (unpaired) electrons. The average molecular weight is 281 g/mol. The zero-order valence-electron chi connectivity index (χ0n) is 10.3. The van der Waals surface area contributed by atoms with Crippen LogP contribution in [-0.2, 0) is 4.79 Å². The van der Waals surface area contributed by atoms with E-state index in [-0.39, 0.29) is 0 Å². The molecule has 0 bridgehead atoms. The first kappa shape index (κ1) is 15.4. The van der Waals surface area contributed by atoms with Crippen LogP contribution >= 0.6 is 0 Å². The molecule has 0 fully saturated rings. The first-order valence-electron chi connectivity index (χ1n) is 5.67. The number of anilines is 1. The summed E-state index contributed by atoms with van der Waals surface area (Å²) in [5, 5.41) is 1.75. The van der Waals surface area contributed by atoms with Crippen LogP contribution in [0.4, 0.5) is 27.6 Å². The fourth-order valence-electron chi connectivity index (χ4n) is 1.60. The minimum Gasteiger partial charge on any atom is -0.321 e. The molecular weight excluding hydrogens is 269 g/mol. The van der Waals surface area contributed by atoms with Crippen molar-refractivity contribution in [2.75, 3.05) is 5.32 Å². The van der Waals surface area contributed by atoms with E-state index in [1.165, 1.54) is 0 Å². The van der Waals surface area contributed by atoms with Crippen LogP contribution in [0.25, 0.3) is 0 Å². The molecule has 0 aliphatic carbocycles. The van der Waals surface area contributed by atoms with Gasteiger partial charge in [-0.2, -0.15) is 0 Å². The number of amides is 1. The standard InChI is InChI=1S/C12H12F5NO/c1-3-5(4-2)12(19)18-11-9(16)7(14)6(13)8(15)10(11)17/h5H,3-4H2,1-2H3,(H,18,19). The molecule has 2 nitrogen and oxygen atoms in total. The second kappa shape index (κ2) is 5.99. The second-order valence-electron chi connectivity index (χ2n) is 3.95. The van der Waals surface area contributed by atoms with E-state index < -0.39 is 46.6 Å². The molecule has 1 rings (SSSR count). The van der Waals surface area contributed by atoms with Gasteiger partial charge >= 0.3 is 0 Å². The maximum Gasteiger partial charge on any atom is 0.227 e. The smallest absolute Gasteiger partial charge is 0.227 e. The van der Waals surface area contributed by atoms with Crippen LogP contribution in [0, 0.1) is 35.0 Å². The van der Waals surface area contributed by atoms with Gasteiger partial charge in [0.2, 0.25) is 11.7 Å². The van der Waals surface area contributed by atoms with Crippen molar-refractivity contribution in [1.82, 2.24) is 0 Å². The molecule has 19 heavy (non-hydrogen) atoms. The summed E-state index contributed by atoms with van der Waals surface area (Å²) >= 11 is 0. The monoisotopic (exact) mass is 281 g/mol. The van der Waals surface area contributed by atoms with Crippen molar-refractivity contribution in [3.8, 4) is 0 Å². The van der Waals surface area contributed by atoms with Gasteiger partial charge in [-0.3, -0.25) is 4.79 Å². The van der Waals surface area contributed by atoms with Gasteiger partial charge in [0.1, 0.15) is 5.69 Å². The Kier molecular flexibility index (Phi) is 4.85. The molecule has 0 unspecified atom stereocenters. The van der Waals surface area contributed by atoms with Gasteiger partial charge in [-0.25, -0.2) is 22.0 Å². The number of carbonyl (C=O) groups excluding carboxylic acids is 1. The Hall–Kier alpha value is -1.66. The van der Waals surface area contributed by atoms with Crippen LogP contribution < -0.4 is 5.32 Å². The topological polar surface area (TPSA) is 29.1 Å². The summed E-state index contributed by atoms with van der Waals surface area (Å²) in [6.45, 7) is 3.35. The number of hydrogen-bond acceptors (Lipinski definition) is 1. The molecule has 1 aromatic carbocycles. The number of hydrogen-bond donors (Lipinski definition) is 1. The molecule has 1 N–H and O–H groups in total. The number of benzene rings is 1. The molecule has 0 aliphatic heterocycles. The maximum absolute atomic E-state index is 13.3. The summed E-state index contributed by atoms with van der Waals surface area (Å²) in [7, 11) is 0. The molecule has 1 amide bonds. The lowest BCUT2D eigenvalue weighted by Crippen LogP contribution is -2.24. The van der Waals surface area contributed by atoms with E-state index in [9.17, 15) is 26.7 Å². The lowest BCUT2D eigenvalue weighted by molar-refractivity contribution is -0.120. The van der Waals surface area contributed by atoms with Crippen molar-refractivity contribution in [1.29, 1.82) is 0 Å². The van der Waals surface area contributed by atoms with Crippen molar-refractivity contribution in [3.63, 3.8) is 0 Å². The van der Waals surface area contributed by atoms with Gasteiger partial charge in [-0.1, -0.05) is 13.8 Å². The molecule has 7 heteroatoms. The van der Waals surface area contributed by atoms with E-state index in [1.54, 1.807) is 19.2 Å². The van der Waals surface area contributed by atoms with Crippen molar-refractivity contribution in [2.24, 2.45) is 5.92 Å². The summed E-state index contributed by atoms with van der Waals surface area (Å²) in [5.74, 6) is -11.9. The normalized spacial score (nSPS) is 10.9. The van der Waals surface area contributed by atoms with Crippen LogP contribution in [0.2, 0.25) is 0 Å². The summed E-state index contributed by atoms with van der Waals surface area (Å²) in [6, 6.07) is 0. The Morgan fingerprint density at radius 3 is 1.63 bits per heavy atom. The van der Waals surface area contributed by atoms with Crippen molar-refractivity contribution in [2.45, 2.75) is 26.7 Å². The van der Waals surface area contributed by atoms with Crippen LogP contribution in [-0.4, -0.2) is 5.91 Å². The van der Waals surface area contributed by atoms with Crippen molar-refractivity contribution < 1.29 is 26.7 Å². The number of nitrogens with one attached hydrogen (secondary N) is 1. The van der Waals surface area contributed by atoms with Gasteiger partial charge in [0.05, 0.1) is 0 Å². The van der Waals surface area contributed by atoms with E-state index in [2.05, 4.69) is 0 Å². The lowest BCUT2D eigenvalue weighted by atomic mass is 10.0. The van der Waals surface area contributed by atoms with Gasteiger partial charge in [-0.15, -0.1) is 0 Å². The van der Waals surface area contributed by atoms with E-state index in [0.29, 0.717) is 12.8 Å². The highest BCUT2D eigenvalue weighted by Crippen LogP contribution is 2.27. The highest BCUT2D eigenvalue weighted by molar-refractivity contribution is 5.92. The predicted molar refractivity (Wildman–Crippen MR) is 58.9 cm³/mol. The molecule has 0 atom stereocenters. The van der Waals surface area contributed by atoms with Gasteiger partial charge in [0.15, 0.2) is 23.3 Å². The fourth-order valence-corrected chi connectivity index (χ4v) is 1.60. The Bertz CT molecular complexity index is 470. The molecule has 0 saturated carbocycles. The third kappa shape index (κ3) is 2.85. The van der Waals surface area contributed by atoms with Crippen molar-refractivity contribution in [3.05, 3.63) is 29.1 Å². The van der Waals surface area contributed by atoms with E-state index in [4.69, 9.17) is 0 Å². The summed E-state index contributed by atoms with van der Waals surface area (Å²) < 4.78 is 65.2. The van der Waals surface area contributed by atoms with E-state index >= 15 is 0 Å². The summed E-state index contributed by atoms with van der Waals surface area (Å²) in [5.41, 5.74) is -1.31. The van der Waals surface area contributed by atoms with Crippen LogP contribution in [0.1, 0.15) is 26.7 Å². The Labute approximate surface area is 106 Å². The second-order valence-corrected chi connectivity index (χ2v) is 3.95. The Balaban J connectivity index is 3.19. The minimum atomic E-state index is -2.25. The molecule has 0 aromatic heterocycles. The van der Waals surface area contributed by atoms with Gasteiger partial charge in [-0.05, 0) is 12.8 Å². The van der Waals surface area contributed by atoms with Gasteiger partial charge in [0.25, 0.3) is 0 Å². The van der Waals surface area contributed by atoms with Crippen molar-refractivity contribution >= 4 is 11.6 Å². The first-order chi connectivity index (χ1) is 8.84. The SMILES string of the molecule is CCC(CC)C(=O)Nc1c(F)c(F)c(F)c(F)c1F. The number of halogens is 5. The van der Waals surface area contributed by atoms with E-state index in [0.717, 1.165) is 0 Å². The summed E-state index contributed by atoms with van der Waals surface area (Å²) in [6.07, 6.45) is 0.773. The van der Waals surface area contributed by atoms with Crippen LogP contribution in [0.5, 0.6) is 0 Å². The molecule has 0 aliphatic rings. The quantitative estimate of drug-likeness (QED) is 0.508. The van der Waals surface area contributed by atoms with Gasteiger partial charge < -0.3 is 5.32 Å².